The third-order valence-electron chi connectivity index (χ3n) is 2.94. The predicted molar refractivity (Wildman–Crippen MR) is 83.0 cm³/mol. The van der Waals surface area contributed by atoms with E-state index in [2.05, 4.69) is 20.9 Å². The lowest BCUT2D eigenvalue weighted by molar-refractivity contribution is -0.143. The summed E-state index contributed by atoms with van der Waals surface area (Å²) in [5.74, 6) is 0.557. The number of nitrogens with zero attached hydrogens (tertiary/aromatic N) is 2. The van der Waals surface area contributed by atoms with Crippen LogP contribution in [0.25, 0.3) is 11.0 Å². The molecule has 2 aromatic rings. The van der Waals surface area contributed by atoms with Crippen LogP contribution < -0.4 is 0 Å². The number of hydrogen-bond donors (Lipinski definition) is 0. The zero-order chi connectivity index (χ0) is 14.7. The van der Waals surface area contributed by atoms with Gasteiger partial charge in [0.2, 0.25) is 0 Å². The molecule has 1 heterocycles. The second-order valence-corrected chi connectivity index (χ2v) is 6.00. The van der Waals surface area contributed by atoms with Gasteiger partial charge >= 0.3 is 5.97 Å². The number of fused-ring (bicyclic) bond motifs is 1. The van der Waals surface area contributed by atoms with Gasteiger partial charge in [-0.05, 0) is 32.0 Å². The number of halogens is 2. The molecule has 0 saturated heterocycles. The Bertz CT molecular complexity index is 625. The Hall–Kier alpha value is -1.07. The maximum atomic E-state index is 11.5. The molecule has 0 bridgehead atoms. The lowest BCUT2D eigenvalue weighted by atomic mass is 10.3. The van der Waals surface area contributed by atoms with Gasteiger partial charge in [-0.15, -0.1) is 11.6 Å². The first-order valence-corrected chi connectivity index (χ1v) is 7.71. The van der Waals surface area contributed by atoms with Crippen LogP contribution in [0.3, 0.4) is 0 Å². The summed E-state index contributed by atoms with van der Waals surface area (Å²) in [5, 5.41) is -0.219. The van der Waals surface area contributed by atoms with Crippen LogP contribution in [0, 0.1) is 0 Å². The topological polar surface area (TPSA) is 44.1 Å². The molecule has 1 aromatic carbocycles. The van der Waals surface area contributed by atoms with E-state index in [0.29, 0.717) is 19.6 Å². The van der Waals surface area contributed by atoms with Gasteiger partial charge in [-0.3, -0.25) is 4.79 Å². The third-order valence-corrected chi connectivity index (χ3v) is 3.63. The summed E-state index contributed by atoms with van der Waals surface area (Å²) in [6.45, 7) is 4.58. The van der Waals surface area contributed by atoms with Crippen LogP contribution in [0.2, 0.25) is 0 Å². The molecular formula is C14H16BrClN2O2. The van der Waals surface area contributed by atoms with Crippen LogP contribution in [0.4, 0.5) is 0 Å². The van der Waals surface area contributed by atoms with Gasteiger partial charge in [0.1, 0.15) is 5.82 Å². The van der Waals surface area contributed by atoms with Crippen LogP contribution in [-0.2, 0) is 16.1 Å². The summed E-state index contributed by atoms with van der Waals surface area (Å²) in [7, 11) is 0. The van der Waals surface area contributed by atoms with E-state index in [0.717, 1.165) is 21.3 Å². The fourth-order valence-corrected chi connectivity index (χ4v) is 2.61. The molecule has 0 amide bonds. The van der Waals surface area contributed by atoms with Crippen molar-refractivity contribution < 1.29 is 9.53 Å². The second-order valence-electron chi connectivity index (χ2n) is 4.43. The van der Waals surface area contributed by atoms with Crippen molar-refractivity contribution in [1.29, 1.82) is 0 Å². The molecule has 20 heavy (non-hydrogen) atoms. The van der Waals surface area contributed by atoms with Crippen molar-refractivity contribution in [3.8, 4) is 0 Å². The average Bonchev–Trinajstić information content (AvgIpc) is 2.75. The number of hydrogen-bond acceptors (Lipinski definition) is 3. The molecule has 108 valence electrons. The molecule has 1 unspecified atom stereocenters. The molecule has 4 nitrogen and oxygen atoms in total. The van der Waals surface area contributed by atoms with Gasteiger partial charge in [-0.1, -0.05) is 15.9 Å². The fraction of sp³-hybridized carbons (Fsp3) is 0.429. The van der Waals surface area contributed by atoms with Gasteiger partial charge in [-0.2, -0.15) is 0 Å². The molecule has 0 spiro atoms. The standard InChI is InChI=1S/C14H16BrClN2O2/c1-3-20-13(19)6-7-18-12-8-10(15)4-5-11(12)17-14(18)9(2)16/h4-5,8-9H,3,6-7H2,1-2H3. The number of imidazole rings is 1. The van der Waals surface area contributed by atoms with Crippen molar-refractivity contribution >= 4 is 44.5 Å². The summed E-state index contributed by atoms with van der Waals surface area (Å²) in [4.78, 5) is 16.1. The smallest absolute Gasteiger partial charge is 0.307 e. The van der Waals surface area contributed by atoms with Crippen molar-refractivity contribution in [2.45, 2.75) is 32.2 Å². The summed E-state index contributed by atoms with van der Waals surface area (Å²) in [5.41, 5.74) is 1.84. The van der Waals surface area contributed by atoms with E-state index in [4.69, 9.17) is 16.3 Å². The van der Waals surface area contributed by atoms with E-state index in [1.165, 1.54) is 0 Å². The van der Waals surface area contributed by atoms with Crippen LogP contribution >= 0.6 is 27.5 Å². The van der Waals surface area contributed by atoms with Crippen LogP contribution in [0.5, 0.6) is 0 Å². The lowest BCUT2D eigenvalue weighted by Crippen LogP contribution is -2.11. The van der Waals surface area contributed by atoms with E-state index < -0.39 is 0 Å². The van der Waals surface area contributed by atoms with Gasteiger partial charge in [0, 0.05) is 11.0 Å². The second kappa shape index (κ2) is 6.59. The minimum Gasteiger partial charge on any atom is -0.466 e. The Labute approximate surface area is 131 Å². The largest absolute Gasteiger partial charge is 0.466 e. The van der Waals surface area contributed by atoms with Crippen molar-refractivity contribution in [3.63, 3.8) is 0 Å². The Kier molecular flexibility index (Phi) is 5.05. The number of ether oxygens (including phenoxy) is 1. The quantitative estimate of drug-likeness (QED) is 0.597. The van der Waals surface area contributed by atoms with Gasteiger partial charge in [0.15, 0.2) is 0 Å². The molecule has 6 heteroatoms. The molecule has 0 fully saturated rings. The minimum absolute atomic E-state index is 0.211. The molecule has 0 saturated carbocycles. The monoisotopic (exact) mass is 358 g/mol. The van der Waals surface area contributed by atoms with Gasteiger partial charge in [-0.25, -0.2) is 4.98 Å². The number of alkyl halides is 1. The van der Waals surface area contributed by atoms with Gasteiger partial charge in [0.05, 0.1) is 29.4 Å². The molecule has 0 aliphatic carbocycles. The number of carbonyl (C=O) groups excluding carboxylic acids is 1. The van der Waals surface area contributed by atoms with E-state index in [-0.39, 0.29) is 11.3 Å². The zero-order valence-corrected chi connectivity index (χ0v) is 13.7. The molecule has 0 aliphatic rings. The van der Waals surface area contributed by atoms with Crippen LogP contribution in [0.1, 0.15) is 31.5 Å². The van der Waals surface area contributed by atoms with Crippen molar-refractivity contribution in [1.82, 2.24) is 9.55 Å². The first-order valence-electron chi connectivity index (χ1n) is 6.48. The number of esters is 1. The fourth-order valence-electron chi connectivity index (χ4n) is 2.09. The number of aromatic nitrogens is 2. The highest BCUT2D eigenvalue weighted by Gasteiger charge is 2.16. The Morgan fingerprint density at radius 1 is 1.55 bits per heavy atom. The Morgan fingerprint density at radius 2 is 2.30 bits per heavy atom. The normalized spacial score (nSPS) is 12.6. The average molecular weight is 360 g/mol. The van der Waals surface area contributed by atoms with Crippen molar-refractivity contribution in [3.05, 3.63) is 28.5 Å². The number of aryl methyl sites for hydroxylation is 1. The van der Waals surface area contributed by atoms with Crippen LogP contribution in [0.15, 0.2) is 22.7 Å². The maximum Gasteiger partial charge on any atom is 0.307 e. The van der Waals surface area contributed by atoms with Gasteiger partial charge in [0.25, 0.3) is 0 Å². The maximum absolute atomic E-state index is 11.5. The third kappa shape index (κ3) is 3.33. The highest BCUT2D eigenvalue weighted by atomic mass is 79.9. The molecule has 0 aliphatic heterocycles. The first kappa shape index (κ1) is 15.3. The van der Waals surface area contributed by atoms with Crippen LogP contribution in [-0.4, -0.2) is 22.1 Å². The highest BCUT2D eigenvalue weighted by Crippen LogP contribution is 2.27. The molecule has 1 atom stereocenters. The van der Waals surface area contributed by atoms with Crippen molar-refractivity contribution in [2.75, 3.05) is 6.61 Å². The summed E-state index contributed by atoms with van der Waals surface area (Å²) in [6, 6.07) is 5.85. The Balaban J connectivity index is 2.35. The number of carbonyl (C=O) groups is 1. The van der Waals surface area contributed by atoms with Gasteiger partial charge < -0.3 is 9.30 Å². The number of rotatable bonds is 5. The van der Waals surface area contributed by atoms with E-state index in [9.17, 15) is 4.79 Å². The number of benzene rings is 1. The molecule has 0 radical (unpaired) electrons. The zero-order valence-electron chi connectivity index (χ0n) is 11.4. The van der Waals surface area contributed by atoms with E-state index in [1.54, 1.807) is 6.92 Å². The summed E-state index contributed by atoms with van der Waals surface area (Å²) < 4.78 is 7.91. The lowest BCUT2D eigenvalue weighted by Gasteiger charge is -2.10. The summed E-state index contributed by atoms with van der Waals surface area (Å²) in [6.07, 6.45) is 0.308. The highest BCUT2D eigenvalue weighted by molar-refractivity contribution is 9.10. The first-order chi connectivity index (χ1) is 9.52. The summed E-state index contributed by atoms with van der Waals surface area (Å²) >= 11 is 9.64. The SMILES string of the molecule is CCOC(=O)CCn1c(C(C)Cl)nc2ccc(Br)cc21. The molecule has 0 N–H and O–H groups in total. The van der Waals surface area contributed by atoms with E-state index >= 15 is 0 Å². The Morgan fingerprint density at radius 3 is 2.95 bits per heavy atom. The molecule has 1 aromatic heterocycles. The van der Waals surface area contributed by atoms with E-state index in [1.807, 2.05) is 29.7 Å². The molecular weight excluding hydrogens is 344 g/mol. The molecule has 2 rings (SSSR count). The predicted octanol–water partition coefficient (Wildman–Crippen LogP) is 4.05. The minimum atomic E-state index is -0.219. The van der Waals surface area contributed by atoms with Crippen molar-refractivity contribution in [2.24, 2.45) is 0 Å².